The number of amides is 1. The van der Waals surface area contributed by atoms with Crippen molar-refractivity contribution in [3.63, 3.8) is 0 Å². The van der Waals surface area contributed by atoms with Crippen molar-refractivity contribution in [2.75, 3.05) is 6.54 Å². The van der Waals surface area contributed by atoms with Crippen LogP contribution in [-0.4, -0.2) is 29.7 Å². The van der Waals surface area contributed by atoms with Crippen molar-refractivity contribution < 1.29 is 14.6 Å². The van der Waals surface area contributed by atoms with Crippen LogP contribution in [0.1, 0.15) is 27.2 Å². The summed E-state index contributed by atoms with van der Waals surface area (Å²) in [6, 6.07) is 0. The summed E-state index contributed by atoms with van der Waals surface area (Å²) in [4.78, 5) is 23.7. The van der Waals surface area contributed by atoms with Gasteiger partial charge in [0, 0.05) is 6.54 Å². The summed E-state index contributed by atoms with van der Waals surface area (Å²) >= 11 is 0. The number of rotatable bonds is 3. The van der Waals surface area contributed by atoms with Crippen LogP contribution in [0.3, 0.4) is 0 Å². The van der Waals surface area contributed by atoms with Gasteiger partial charge in [0.2, 0.25) is 0 Å². The number of hydrogen-bond donors (Lipinski definition) is 0. The van der Waals surface area contributed by atoms with Gasteiger partial charge in [0.15, 0.2) is 12.3 Å². The third-order valence-corrected chi connectivity index (χ3v) is 2.83. The van der Waals surface area contributed by atoms with E-state index in [0.717, 1.165) is 18.5 Å². The fourth-order valence-corrected chi connectivity index (χ4v) is 1.82. The molecule has 3 rings (SSSR count). The summed E-state index contributed by atoms with van der Waals surface area (Å²) in [6.07, 6.45) is 2.12. The molecule has 2 unspecified atom stereocenters. The smallest absolute Gasteiger partial charge is 0.261 e. The highest BCUT2D eigenvalue weighted by atomic mass is 17.2. The maximum absolute atomic E-state index is 11.9. The molecule has 3 aliphatic rings. The Morgan fingerprint density at radius 3 is 2.73 bits per heavy atom. The Morgan fingerprint density at radius 1 is 1.47 bits per heavy atom. The highest BCUT2D eigenvalue weighted by Gasteiger charge is 2.42. The zero-order valence-corrected chi connectivity index (χ0v) is 9.40. The SMILES string of the molecule is CC1=CC2OOC1C(=O)N2CCC(C)C. The van der Waals surface area contributed by atoms with Gasteiger partial charge in [-0.05, 0) is 30.9 Å². The summed E-state index contributed by atoms with van der Waals surface area (Å²) in [6.45, 7) is 6.93. The van der Waals surface area contributed by atoms with Gasteiger partial charge in [-0.3, -0.25) is 4.79 Å². The van der Waals surface area contributed by atoms with Gasteiger partial charge in [-0.1, -0.05) is 13.8 Å². The molecule has 1 amide bonds. The molecule has 0 aromatic heterocycles. The lowest BCUT2D eigenvalue weighted by Gasteiger charge is -2.41. The monoisotopic (exact) mass is 211 g/mol. The Bertz CT molecular complexity index is 298. The first-order valence-corrected chi connectivity index (χ1v) is 5.40. The second-order valence-corrected chi connectivity index (χ2v) is 4.59. The van der Waals surface area contributed by atoms with Crippen LogP contribution in [0, 0.1) is 5.92 Å². The Hall–Kier alpha value is -0.870. The molecule has 4 nitrogen and oxygen atoms in total. The maximum atomic E-state index is 11.9. The standard InChI is InChI=1S/C11H17NO3/c1-7(2)4-5-12-9-6-8(3)10(11(12)13)15-14-9/h6-7,9-10H,4-5H2,1-3H3. The molecule has 1 fully saturated rings. The van der Waals surface area contributed by atoms with E-state index < -0.39 is 6.10 Å². The Labute approximate surface area is 89.8 Å². The van der Waals surface area contributed by atoms with Gasteiger partial charge in [0.25, 0.3) is 5.91 Å². The van der Waals surface area contributed by atoms with E-state index in [1.165, 1.54) is 0 Å². The number of carbonyl (C=O) groups excluding carboxylic acids is 1. The molecule has 2 bridgehead atoms. The van der Waals surface area contributed by atoms with Crippen LogP contribution >= 0.6 is 0 Å². The predicted molar refractivity (Wildman–Crippen MR) is 54.7 cm³/mol. The van der Waals surface area contributed by atoms with Gasteiger partial charge in [0.05, 0.1) is 0 Å². The minimum Gasteiger partial charge on any atom is -0.308 e. The highest BCUT2D eigenvalue weighted by molar-refractivity contribution is 5.86. The number of fused-ring (bicyclic) bond motifs is 2. The van der Waals surface area contributed by atoms with E-state index >= 15 is 0 Å². The molecule has 1 saturated heterocycles. The normalized spacial score (nSPS) is 30.0. The molecule has 2 atom stereocenters. The number of hydrogen-bond acceptors (Lipinski definition) is 3. The van der Waals surface area contributed by atoms with Crippen molar-refractivity contribution >= 4 is 5.91 Å². The first kappa shape index (κ1) is 10.6. The van der Waals surface area contributed by atoms with Crippen molar-refractivity contribution in [1.29, 1.82) is 0 Å². The van der Waals surface area contributed by atoms with Gasteiger partial charge >= 0.3 is 0 Å². The summed E-state index contributed by atoms with van der Waals surface area (Å²) < 4.78 is 0. The van der Waals surface area contributed by atoms with E-state index in [-0.39, 0.29) is 12.1 Å². The van der Waals surface area contributed by atoms with Crippen molar-refractivity contribution in [2.24, 2.45) is 5.92 Å². The summed E-state index contributed by atoms with van der Waals surface area (Å²) in [5, 5.41) is 0. The predicted octanol–water partition coefficient (Wildman–Crippen LogP) is 1.48. The third kappa shape index (κ3) is 1.92. The first-order valence-electron chi connectivity index (χ1n) is 5.40. The van der Waals surface area contributed by atoms with E-state index in [1.807, 2.05) is 13.0 Å². The van der Waals surface area contributed by atoms with Crippen LogP contribution in [0.4, 0.5) is 0 Å². The largest absolute Gasteiger partial charge is 0.308 e. The van der Waals surface area contributed by atoms with E-state index in [9.17, 15) is 4.79 Å². The van der Waals surface area contributed by atoms with E-state index in [0.29, 0.717) is 5.92 Å². The van der Waals surface area contributed by atoms with Crippen LogP contribution in [0.25, 0.3) is 0 Å². The summed E-state index contributed by atoms with van der Waals surface area (Å²) in [5.74, 6) is 0.621. The third-order valence-electron chi connectivity index (χ3n) is 2.83. The molecular formula is C11H17NO3. The Morgan fingerprint density at radius 2 is 2.20 bits per heavy atom. The molecule has 0 aromatic carbocycles. The van der Waals surface area contributed by atoms with Crippen molar-refractivity contribution in [1.82, 2.24) is 4.90 Å². The average molecular weight is 211 g/mol. The molecule has 84 valence electrons. The minimum absolute atomic E-state index is 0.0342. The highest BCUT2D eigenvalue weighted by Crippen LogP contribution is 2.28. The lowest BCUT2D eigenvalue weighted by atomic mass is 10.0. The van der Waals surface area contributed by atoms with Crippen LogP contribution < -0.4 is 0 Å². The zero-order chi connectivity index (χ0) is 11.0. The molecule has 3 aliphatic heterocycles. The van der Waals surface area contributed by atoms with Crippen molar-refractivity contribution in [2.45, 2.75) is 39.5 Å². The summed E-state index contributed by atoms with van der Waals surface area (Å²) in [7, 11) is 0. The number of nitrogens with zero attached hydrogens (tertiary/aromatic N) is 1. The summed E-state index contributed by atoms with van der Waals surface area (Å²) in [5.41, 5.74) is 0.956. The zero-order valence-electron chi connectivity index (χ0n) is 9.40. The Kier molecular flexibility index (Phi) is 2.80. The van der Waals surface area contributed by atoms with Crippen LogP contribution in [0.2, 0.25) is 0 Å². The van der Waals surface area contributed by atoms with Gasteiger partial charge in [-0.15, -0.1) is 0 Å². The molecule has 0 spiro atoms. The quantitative estimate of drug-likeness (QED) is 0.524. The molecule has 15 heavy (non-hydrogen) atoms. The second kappa shape index (κ2) is 3.94. The van der Waals surface area contributed by atoms with Gasteiger partial charge in [-0.25, -0.2) is 9.78 Å². The molecule has 0 saturated carbocycles. The van der Waals surface area contributed by atoms with Crippen molar-refractivity contribution in [3.05, 3.63) is 11.6 Å². The molecule has 0 aromatic rings. The van der Waals surface area contributed by atoms with E-state index in [1.54, 1.807) is 4.90 Å². The average Bonchev–Trinajstić information content (AvgIpc) is 2.16. The lowest BCUT2D eigenvalue weighted by molar-refractivity contribution is -0.377. The van der Waals surface area contributed by atoms with Crippen LogP contribution in [-0.2, 0) is 14.6 Å². The fourth-order valence-electron chi connectivity index (χ4n) is 1.82. The number of carbonyl (C=O) groups is 1. The molecule has 3 heterocycles. The van der Waals surface area contributed by atoms with E-state index in [4.69, 9.17) is 9.78 Å². The first-order chi connectivity index (χ1) is 7.09. The van der Waals surface area contributed by atoms with Gasteiger partial charge in [0.1, 0.15) is 0 Å². The second-order valence-electron chi connectivity index (χ2n) is 4.59. The molecule has 0 aliphatic carbocycles. The van der Waals surface area contributed by atoms with Crippen LogP contribution in [0.15, 0.2) is 11.6 Å². The topological polar surface area (TPSA) is 38.8 Å². The molecule has 4 heteroatoms. The van der Waals surface area contributed by atoms with Crippen molar-refractivity contribution in [3.8, 4) is 0 Å². The minimum atomic E-state index is -0.512. The maximum Gasteiger partial charge on any atom is 0.261 e. The van der Waals surface area contributed by atoms with Crippen LogP contribution in [0.5, 0.6) is 0 Å². The molecular weight excluding hydrogens is 194 g/mol. The molecule has 0 N–H and O–H groups in total. The lowest BCUT2D eigenvalue weighted by Crippen LogP contribution is -2.56. The van der Waals surface area contributed by atoms with Gasteiger partial charge in [-0.2, -0.15) is 0 Å². The molecule has 0 radical (unpaired) electrons. The van der Waals surface area contributed by atoms with E-state index in [2.05, 4.69) is 13.8 Å². The van der Waals surface area contributed by atoms with Gasteiger partial charge < -0.3 is 4.90 Å². The fraction of sp³-hybridized carbons (Fsp3) is 0.727. The Balaban J connectivity index is 2.05.